The Bertz CT molecular complexity index is 178. The van der Waals surface area contributed by atoms with Crippen LogP contribution in [0.4, 0.5) is 0 Å². The van der Waals surface area contributed by atoms with Crippen LogP contribution in [0.1, 0.15) is 65.2 Å². The maximum absolute atomic E-state index is 3.17. The summed E-state index contributed by atoms with van der Waals surface area (Å²) in [6.45, 7) is 4.46. The quantitative estimate of drug-likeness (QED) is 0.405. The van der Waals surface area contributed by atoms with E-state index >= 15 is 0 Å². The predicted octanol–water partition coefficient (Wildman–Crippen LogP) is 4.71. The first-order chi connectivity index (χ1) is 6.91. The van der Waals surface area contributed by atoms with Gasteiger partial charge in [0.1, 0.15) is 0 Å². The van der Waals surface area contributed by atoms with E-state index in [-0.39, 0.29) is 0 Å². The summed E-state index contributed by atoms with van der Waals surface area (Å²) < 4.78 is 0. The molecule has 0 N–H and O–H groups in total. The minimum Gasteiger partial charge on any atom is -0.0985 e. The molecule has 0 nitrogen and oxygen atoms in total. The molecular weight excluding hydrogens is 168 g/mol. The van der Waals surface area contributed by atoms with Crippen molar-refractivity contribution in [2.24, 2.45) is 0 Å². The van der Waals surface area contributed by atoms with Crippen molar-refractivity contribution in [3.8, 4) is 11.8 Å². The Balaban J connectivity index is 3.22. The molecule has 0 heterocycles. The van der Waals surface area contributed by atoms with Crippen LogP contribution >= 0.6 is 0 Å². The summed E-state index contributed by atoms with van der Waals surface area (Å²) in [7, 11) is 0. The van der Waals surface area contributed by atoms with Gasteiger partial charge in [0, 0.05) is 6.42 Å². The molecule has 0 aromatic heterocycles. The van der Waals surface area contributed by atoms with Crippen LogP contribution in [0.25, 0.3) is 0 Å². The lowest BCUT2D eigenvalue weighted by Gasteiger charge is -1.89. The third kappa shape index (κ3) is 11.3. The molecular formula is C14H24. The minimum absolute atomic E-state index is 1.06. The first-order valence-corrected chi connectivity index (χ1v) is 6.05. The van der Waals surface area contributed by atoms with Gasteiger partial charge >= 0.3 is 0 Å². The van der Waals surface area contributed by atoms with Gasteiger partial charge in [0.05, 0.1) is 0 Å². The van der Waals surface area contributed by atoms with Crippen LogP contribution in [-0.2, 0) is 0 Å². The molecule has 0 aromatic rings. The molecule has 0 unspecified atom stereocenters. The Morgan fingerprint density at radius 2 is 1.64 bits per heavy atom. The summed E-state index contributed by atoms with van der Waals surface area (Å²) in [5.41, 5.74) is 0. The normalized spacial score (nSPS) is 10.1. The summed E-state index contributed by atoms with van der Waals surface area (Å²) in [6, 6.07) is 0. The SMILES string of the molecule is CCCCCC#C/C=C\CCCCC. The molecule has 0 aliphatic heterocycles. The van der Waals surface area contributed by atoms with E-state index in [1.807, 2.05) is 6.08 Å². The fourth-order valence-electron chi connectivity index (χ4n) is 1.25. The Labute approximate surface area is 89.8 Å². The van der Waals surface area contributed by atoms with Crippen LogP contribution in [0.2, 0.25) is 0 Å². The largest absolute Gasteiger partial charge is 0.0985 e. The van der Waals surface area contributed by atoms with Crippen molar-refractivity contribution in [3.05, 3.63) is 12.2 Å². The number of hydrogen-bond donors (Lipinski definition) is 0. The molecule has 0 aromatic carbocycles. The van der Waals surface area contributed by atoms with Crippen LogP contribution in [0.3, 0.4) is 0 Å². The second kappa shape index (κ2) is 12.3. The first kappa shape index (κ1) is 13.3. The van der Waals surface area contributed by atoms with Crippen LogP contribution in [0.15, 0.2) is 12.2 Å². The van der Waals surface area contributed by atoms with E-state index in [9.17, 15) is 0 Å². The van der Waals surface area contributed by atoms with E-state index in [1.54, 1.807) is 0 Å². The minimum atomic E-state index is 1.06. The van der Waals surface area contributed by atoms with Gasteiger partial charge in [-0.3, -0.25) is 0 Å². The van der Waals surface area contributed by atoms with Crippen LogP contribution in [0, 0.1) is 11.8 Å². The van der Waals surface area contributed by atoms with E-state index in [4.69, 9.17) is 0 Å². The zero-order chi connectivity index (χ0) is 10.5. The monoisotopic (exact) mass is 192 g/mol. The van der Waals surface area contributed by atoms with Gasteiger partial charge in [-0.2, -0.15) is 0 Å². The van der Waals surface area contributed by atoms with Crippen molar-refractivity contribution in [1.82, 2.24) is 0 Å². The zero-order valence-electron chi connectivity index (χ0n) is 9.81. The second-order valence-electron chi connectivity index (χ2n) is 3.68. The van der Waals surface area contributed by atoms with Gasteiger partial charge in [0.15, 0.2) is 0 Å². The molecule has 0 spiro atoms. The molecule has 0 amide bonds. The average molecular weight is 192 g/mol. The van der Waals surface area contributed by atoms with Crippen molar-refractivity contribution in [2.75, 3.05) is 0 Å². The fraction of sp³-hybridized carbons (Fsp3) is 0.714. The molecule has 0 bridgehead atoms. The summed E-state index contributed by atoms with van der Waals surface area (Å²) in [5.74, 6) is 6.26. The molecule has 0 aliphatic carbocycles. The lowest BCUT2D eigenvalue weighted by atomic mass is 10.2. The summed E-state index contributed by atoms with van der Waals surface area (Å²) >= 11 is 0. The molecule has 0 saturated carbocycles. The van der Waals surface area contributed by atoms with Crippen LogP contribution < -0.4 is 0 Å². The number of unbranched alkanes of at least 4 members (excludes halogenated alkanes) is 6. The Morgan fingerprint density at radius 3 is 2.36 bits per heavy atom. The third-order valence-electron chi connectivity index (χ3n) is 2.18. The fourth-order valence-corrected chi connectivity index (χ4v) is 1.25. The van der Waals surface area contributed by atoms with Gasteiger partial charge in [-0.05, 0) is 25.3 Å². The van der Waals surface area contributed by atoms with Gasteiger partial charge in [0.25, 0.3) is 0 Å². The molecule has 0 atom stereocenters. The van der Waals surface area contributed by atoms with Gasteiger partial charge in [-0.15, -0.1) is 0 Å². The van der Waals surface area contributed by atoms with Crippen molar-refractivity contribution >= 4 is 0 Å². The highest BCUT2D eigenvalue weighted by molar-refractivity contribution is 5.14. The van der Waals surface area contributed by atoms with Gasteiger partial charge in [0.2, 0.25) is 0 Å². The Kier molecular flexibility index (Phi) is 11.7. The van der Waals surface area contributed by atoms with E-state index < -0.39 is 0 Å². The average Bonchev–Trinajstić information content (AvgIpc) is 2.21. The van der Waals surface area contributed by atoms with E-state index in [0.717, 1.165) is 6.42 Å². The van der Waals surface area contributed by atoms with Crippen molar-refractivity contribution < 1.29 is 0 Å². The van der Waals surface area contributed by atoms with Gasteiger partial charge in [-0.1, -0.05) is 57.4 Å². The highest BCUT2D eigenvalue weighted by Crippen LogP contribution is 1.99. The van der Waals surface area contributed by atoms with Gasteiger partial charge < -0.3 is 0 Å². The highest BCUT2D eigenvalue weighted by Gasteiger charge is 1.81. The summed E-state index contributed by atoms with van der Waals surface area (Å²) in [4.78, 5) is 0. The Morgan fingerprint density at radius 1 is 0.929 bits per heavy atom. The highest BCUT2D eigenvalue weighted by atomic mass is 13.9. The summed E-state index contributed by atoms with van der Waals surface area (Å²) in [6.07, 6.45) is 14.3. The summed E-state index contributed by atoms with van der Waals surface area (Å²) in [5, 5.41) is 0. The zero-order valence-corrected chi connectivity index (χ0v) is 9.81. The van der Waals surface area contributed by atoms with Crippen LogP contribution in [-0.4, -0.2) is 0 Å². The lowest BCUT2D eigenvalue weighted by Crippen LogP contribution is -1.71. The molecule has 0 radical (unpaired) electrons. The molecule has 0 aliphatic rings. The van der Waals surface area contributed by atoms with Crippen molar-refractivity contribution in [2.45, 2.75) is 65.2 Å². The number of allylic oxidation sites excluding steroid dienone is 2. The number of hydrogen-bond acceptors (Lipinski definition) is 0. The second-order valence-corrected chi connectivity index (χ2v) is 3.68. The molecule has 0 fully saturated rings. The smallest absolute Gasteiger partial charge is 0.00922 e. The molecule has 80 valence electrons. The molecule has 0 rings (SSSR count). The van der Waals surface area contributed by atoms with E-state index in [0.29, 0.717) is 0 Å². The molecule has 14 heavy (non-hydrogen) atoms. The number of rotatable bonds is 7. The maximum Gasteiger partial charge on any atom is 0.00922 e. The first-order valence-electron chi connectivity index (χ1n) is 6.05. The molecule has 0 heteroatoms. The van der Waals surface area contributed by atoms with Crippen molar-refractivity contribution in [1.29, 1.82) is 0 Å². The predicted molar refractivity (Wildman–Crippen MR) is 65.2 cm³/mol. The molecule has 0 saturated heterocycles. The maximum atomic E-state index is 3.17. The topological polar surface area (TPSA) is 0 Å². The van der Waals surface area contributed by atoms with E-state index in [2.05, 4.69) is 31.8 Å². The van der Waals surface area contributed by atoms with Crippen LogP contribution in [0.5, 0.6) is 0 Å². The van der Waals surface area contributed by atoms with Gasteiger partial charge in [-0.25, -0.2) is 0 Å². The van der Waals surface area contributed by atoms with Crippen molar-refractivity contribution in [3.63, 3.8) is 0 Å². The van der Waals surface area contributed by atoms with E-state index in [1.165, 1.54) is 44.9 Å². The standard InChI is InChI=1S/C14H24/c1-3-5-7-9-11-13-14-12-10-8-6-4-2/h11,13H,3-10H2,1-2H3/b13-11-. The third-order valence-corrected chi connectivity index (χ3v) is 2.18. The lowest BCUT2D eigenvalue weighted by molar-refractivity contribution is 0.729. The Hall–Kier alpha value is -0.700.